The zero-order chi connectivity index (χ0) is 13.7. The van der Waals surface area contributed by atoms with Crippen molar-refractivity contribution in [2.75, 3.05) is 14.1 Å². The van der Waals surface area contributed by atoms with E-state index in [0.717, 1.165) is 0 Å². The SMILES string of the molecule is C=NC1=C(N=C)C(N=C)=C(N=C)C(=NC)C1=NC. The number of hydrogen-bond acceptors (Lipinski definition) is 6. The molecule has 1 aliphatic carbocycles. The lowest BCUT2D eigenvalue weighted by atomic mass is 9.98. The largest absolute Gasteiger partial charge is 0.284 e. The van der Waals surface area contributed by atoms with Crippen molar-refractivity contribution in [3.05, 3.63) is 22.8 Å². The van der Waals surface area contributed by atoms with Gasteiger partial charge in [0.25, 0.3) is 0 Å². The van der Waals surface area contributed by atoms with Gasteiger partial charge in [-0.05, 0) is 26.9 Å². The third kappa shape index (κ3) is 1.88. The van der Waals surface area contributed by atoms with Gasteiger partial charge in [-0.25, -0.2) is 0 Å². The standard InChI is InChI=1S/C12H14N6/c1-13-7-8(14-2)10(16-4)12(18-6)11(17-5)9(7)15-3/h1-4H2,5-6H3. The van der Waals surface area contributed by atoms with E-state index in [9.17, 15) is 0 Å². The van der Waals surface area contributed by atoms with E-state index in [1.54, 1.807) is 14.1 Å². The first-order valence-corrected chi connectivity index (χ1v) is 5.00. The second kappa shape index (κ2) is 5.72. The lowest BCUT2D eigenvalue weighted by Gasteiger charge is -2.19. The minimum Gasteiger partial charge on any atom is -0.284 e. The zero-order valence-electron chi connectivity index (χ0n) is 10.5. The van der Waals surface area contributed by atoms with E-state index in [4.69, 9.17) is 0 Å². The molecule has 0 aromatic carbocycles. The molecule has 0 spiro atoms. The normalized spacial score (nSPS) is 20.3. The molecule has 18 heavy (non-hydrogen) atoms. The van der Waals surface area contributed by atoms with Crippen molar-refractivity contribution in [1.29, 1.82) is 0 Å². The molecule has 0 amide bonds. The minimum absolute atomic E-state index is 0.426. The van der Waals surface area contributed by atoms with Crippen LogP contribution in [0.1, 0.15) is 0 Å². The van der Waals surface area contributed by atoms with Crippen LogP contribution in [-0.4, -0.2) is 52.4 Å². The molecular weight excluding hydrogens is 228 g/mol. The monoisotopic (exact) mass is 242 g/mol. The van der Waals surface area contributed by atoms with Gasteiger partial charge in [0, 0.05) is 14.1 Å². The molecule has 0 aromatic heterocycles. The fourth-order valence-corrected chi connectivity index (χ4v) is 1.70. The fourth-order valence-electron chi connectivity index (χ4n) is 1.70. The molecule has 0 atom stereocenters. The number of rotatable bonds is 4. The summed E-state index contributed by atoms with van der Waals surface area (Å²) in [5, 5.41) is 0. The van der Waals surface area contributed by atoms with Crippen LogP contribution in [0.15, 0.2) is 52.7 Å². The van der Waals surface area contributed by atoms with Gasteiger partial charge in [-0.2, -0.15) is 0 Å². The molecule has 0 radical (unpaired) electrons. The maximum Gasteiger partial charge on any atom is 0.118 e. The summed E-state index contributed by atoms with van der Waals surface area (Å²) in [5.41, 5.74) is 2.84. The summed E-state index contributed by atoms with van der Waals surface area (Å²) in [6, 6.07) is 0. The second-order valence-corrected chi connectivity index (χ2v) is 3.17. The van der Waals surface area contributed by atoms with Crippen LogP contribution in [0.4, 0.5) is 0 Å². The predicted molar refractivity (Wildman–Crippen MR) is 79.0 cm³/mol. The second-order valence-electron chi connectivity index (χ2n) is 3.17. The van der Waals surface area contributed by atoms with Crippen molar-refractivity contribution in [2.24, 2.45) is 30.0 Å². The Kier molecular flexibility index (Phi) is 4.31. The van der Waals surface area contributed by atoms with Crippen molar-refractivity contribution in [3.8, 4) is 0 Å². The van der Waals surface area contributed by atoms with E-state index in [-0.39, 0.29) is 0 Å². The van der Waals surface area contributed by atoms with Crippen LogP contribution < -0.4 is 0 Å². The summed E-state index contributed by atoms with van der Waals surface area (Å²) in [6.45, 7) is 14.0. The molecular formula is C12H14N6. The molecule has 0 saturated carbocycles. The smallest absolute Gasteiger partial charge is 0.118 e. The van der Waals surface area contributed by atoms with Crippen molar-refractivity contribution >= 4 is 38.3 Å². The van der Waals surface area contributed by atoms with Crippen LogP contribution in [-0.2, 0) is 0 Å². The van der Waals surface area contributed by atoms with E-state index < -0.39 is 0 Å². The van der Waals surface area contributed by atoms with Crippen molar-refractivity contribution in [2.45, 2.75) is 0 Å². The van der Waals surface area contributed by atoms with Crippen LogP contribution in [0, 0.1) is 0 Å². The number of aliphatic imine (C=N–C) groups is 6. The Hall–Kier alpha value is -2.50. The molecule has 0 fully saturated rings. The Balaban J connectivity index is 3.83. The number of nitrogens with zero attached hydrogens (tertiary/aromatic N) is 6. The first-order chi connectivity index (χ1) is 8.69. The first-order valence-electron chi connectivity index (χ1n) is 5.00. The van der Waals surface area contributed by atoms with Crippen LogP contribution in [0.25, 0.3) is 0 Å². The highest BCUT2D eigenvalue weighted by Crippen LogP contribution is 2.30. The van der Waals surface area contributed by atoms with Gasteiger partial charge in [-0.1, -0.05) is 0 Å². The Bertz CT molecular complexity index is 495. The molecule has 6 heteroatoms. The highest BCUT2D eigenvalue weighted by atomic mass is 15.0. The molecule has 6 nitrogen and oxygen atoms in total. The van der Waals surface area contributed by atoms with E-state index >= 15 is 0 Å². The third-order valence-corrected chi connectivity index (χ3v) is 2.43. The quantitative estimate of drug-likeness (QED) is 0.527. The number of allylic oxidation sites excluding steroid dienone is 2. The predicted octanol–water partition coefficient (Wildman–Crippen LogP) is 1.37. The Labute approximate surface area is 106 Å². The van der Waals surface area contributed by atoms with Crippen molar-refractivity contribution in [1.82, 2.24) is 0 Å². The first kappa shape index (κ1) is 13.6. The molecule has 0 bridgehead atoms. The molecule has 0 saturated heterocycles. The van der Waals surface area contributed by atoms with Crippen molar-refractivity contribution < 1.29 is 0 Å². The summed E-state index contributed by atoms with van der Waals surface area (Å²) in [4.78, 5) is 23.9. The highest BCUT2D eigenvalue weighted by molar-refractivity contribution is 6.54. The van der Waals surface area contributed by atoms with Crippen LogP contribution in [0.5, 0.6) is 0 Å². The molecule has 0 N–H and O–H groups in total. The lowest BCUT2D eigenvalue weighted by Crippen LogP contribution is -2.24. The minimum atomic E-state index is 0.426. The molecule has 92 valence electrons. The van der Waals surface area contributed by atoms with Crippen LogP contribution in [0.2, 0.25) is 0 Å². The van der Waals surface area contributed by atoms with Gasteiger partial charge in [-0.3, -0.25) is 30.0 Å². The van der Waals surface area contributed by atoms with E-state index in [2.05, 4.69) is 56.8 Å². The van der Waals surface area contributed by atoms with E-state index in [0.29, 0.717) is 34.2 Å². The van der Waals surface area contributed by atoms with Gasteiger partial charge in [0.1, 0.15) is 34.2 Å². The Morgan fingerprint density at radius 2 is 0.833 bits per heavy atom. The van der Waals surface area contributed by atoms with Crippen LogP contribution in [0.3, 0.4) is 0 Å². The fraction of sp³-hybridized carbons (Fsp3) is 0.167. The summed E-state index contributed by atoms with van der Waals surface area (Å²) in [7, 11) is 3.25. The van der Waals surface area contributed by atoms with Gasteiger partial charge in [0.15, 0.2) is 0 Å². The number of hydrogen-bond donors (Lipinski definition) is 0. The summed E-state index contributed by atoms with van der Waals surface area (Å²) < 4.78 is 0. The van der Waals surface area contributed by atoms with Crippen molar-refractivity contribution in [3.63, 3.8) is 0 Å². The maximum absolute atomic E-state index is 4.14. The molecule has 0 unspecified atom stereocenters. The Morgan fingerprint density at radius 3 is 1.00 bits per heavy atom. The third-order valence-electron chi connectivity index (χ3n) is 2.43. The van der Waals surface area contributed by atoms with Gasteiger partial charge >= 0.3 is 0 Å². The van der Waals surface area contributed by atoms with E-state index in [1.807, 2.05) is 0 Å². The average Bonchev–Trinajstić information content (AvgIpc) is 2.43. The maximum atomic E-state index is 4.14. The summed E-state index contributed by atoms with van der Waals surface area (Å²) in [6.07, 6.45) is 0. The molecule has 0 aliphatic heterocycles. The van der Waals surface area contributed by atoms with Gasteiger partial charge < -0.3 is 0 Å². The lowest BCUT2D eigenvalue weighted by molar-refractivity contribution is 1.15. The van der Waals surface area contributed by atoms with Gasteiger partial charge in [0.05, 0.1) is 0 Å². The average molecular weight is 242 g/mol. The van der Waals surface area contributed by atoms with Gasteiger partial charge in [0.2, 0.25) is 0 Å². The van der Waals surface area contributed by atoms with E-state index in [1.165, 1.54) is 0 Å². The summed E-state index contributed by atoms with van der Waals surface area (Å²) in [5.74, 6) is 0. The van der Waals surface area contributed by atoms with Gasteiger partial charge in [-0.15, -0.1) is 0 Å². The topological polar surface area (TPSA) is 74.2 Å². The highest BCUT2D eigenvalue weighted by Gasteiger charge is 2.30. The van der Waals surface area contributed by atoms with Crippen LogP contribution >= 0.6 is 0 Å². The molecule has 0 aromatic rings. The summed E-state index contributed by atoms with van der Waals surface area (Å²) >= 11 is 0. The molecule has 0 heterocycles. The zero-order valence-corrected chi connectivity index (χ0v) is 10.5. The molecule has 1 aliphatic rings. The molecule has 1 rings (SSSR count). The Morgan fingerprint density at radius 1 is 0.556 bits per heavy atom.